The summed E-state index contributed by atoms with van der Waals surface area (Å²) in [4.78, 5) is 27.5. The molecule has 27 heavy (non-hydrogen) atoms. The second-order valence-electron chi connectivity index (χ2n) is 7.50. The van der Waals surface area contributed by atoms with Gasteiger partial charge in [0.15, 0.2) is 0 Å². The maximum absolute atomic E-state index is 13.0. The normalized spacial score (nSPS) is 22.0. The van der Waals surface area contributed by atoms with Crippen molar-refractivity contribution in [3.8, 4) is 0 Å². The number of nitrogens with one attached hydrogen (secondary N) is 1. The molecule has 1 aromatic heterocycles. The van der Waals surface area contributed by atoms with Gasteiger partial charge in [0.2, 0.25) is 10.0 Å². The molecule has 2 aliphatic rings. The number of aryl methyl sites for hydroxylation is 1. The van der Waals surface area contributed by atoms with Crippen LogP contribution in [0.15, 0.2) is 17.1 Å². The molecule has 1 amide bonds. The lowest BCUT2D eigenvalue weighted by molar-refractivity contribution is 0.0694. The zero-order valence-corrected chi connectivity index (χ0v) is 16.8. The van der Waals surface area contributed by atoms with Gasteiger partial charge in [-0.1, -0.05) is 0 Å². The van der Waals surface area contributed by atoms with Gasteiger partial charge in [-0.05, 0) is 50.4 Å². The van der Waals surface area contributed by atoms with Gasteiger partial charge >= 0.3 is 0 Å². The Balaban J connectivity index is 1.76. The first-order chi connectivity index (χ1) is 12.8. The Kier molecular flexibility index (Phi) is 6.02. The summed E-state index contributed by atoms with van der Waals surface area (Å²) < 4.78 is 26.3. The highest BCUT2D eigenvalue weighted by Crippen LogP contribution is 2.14. The number of sulfonamides is 1. The van der Waals surface area contributed by atoms with E-state index in [0.29, 0.717) is 31.1 Å². The SMILES string of the molecule is Cc1ccn(CC2CCCNC2)c(=O)c1C(=O)N1CCN(S(C)(=O)=O)CC1. The third-order valence-corrected chi connectivity index (χ3v) is 6.74. The van der Waals surface area contributed by atoms with E-state index in [1.165, 1.54) is 10.6 Å². The van der Waals surface area contributed by atoms with Crippen LogP contribution < -0.4 is 10.9 Å². The minimum Gasteiger partial charge on any atom is -0.336 e. The number of nitrogens with zero attached hydrogens (tertiary/aromatic N) is 3. The lowest BCUT2D eigenvalue weighted by atomic mass is 9.99. The number of amides is 1. The summed E-state index contributed by atoms with van der Waals surface area (Å²) in [6.45, 7) is 5.40. The molecule has 2 aliphatic heterocycles. The van der Waals surface area contributed by atoms with Crippen LogP contribution in [0.1, 0.15) is 28.8 Å². The first-order valence-electron chi connectivity index (χ1n) is 9.42. The molecule has 0 aromatic carbocycles. The first kappa shape index (κ1) is 20.0. The second-order valence-corrected chi connectivity index (χ2v) is 9.48. The molecule has 0 spiro atoms. The third-order valence-electron chi connectivity index (χ3n) is 5.44. The molecular formula is C18H28N4O4S. The van der Waals surface area contributed by atoms with E-state index >= 15 is 0 Å². The molecule has 0 bridgehead atoms. The number of rotatable bonds is 4. The van der Waals surface area contributed by atoms with E-state index < -0.39 is 10.0 Å². The van der Waals surface area contributed by atoms with E-state index in [0.717, 1.165) is 25.9 Å². The molecule has 1 atom stereocenters. The number of carbonyl (C=O) groups excluding carboxylic acids is 1. The summed E-state index contributed by atoms with van der Waals surface area (Å²) in [5, 5.41) is 3.35. The van der Waals surface area contributed by atoms with Gasteiger partial charge < -0.3 is 14.8 Å². The quantitative estimate of drug-likeness (QED) is 0.766. The average molecular weight is 397 g/mol. The highest BCUT2D eigenvalue weighted by atomic mass is 32.2. The van der Waals surface area contributed by atoms with Crippen molar-refractivity contribution in [3.63, 3.8) is 0 Å². The monoisotopic (exact) mass is 396 g/mol. The maximum Gasteiger partial charge on any atom is 0.263 e. The fourth-order valence-electron chi connectivity index (χ4n) is 3.81. The fraction of sp³-hybridized carbons (Fsp3) is 0.667. The van der Waals surface area contributed by atoms with Gasteiger partial charge in [-0.25, -0.2) is 8.42 Å². The van der Waals surface area contributed by atoms with E-state index in [4.69, 9.17) is 0 Å². The smallest absolute Gasteiger partial charge is 0.263 e. The van der Waals surface area contributed by atoms with E-state index in [1.54, 1.807) is 22.6 Å². The van der Waals surface area contributed by atoms with Crippen molar-refractivity contribution in [2.24, 2.45) is 5.92 Å². The summed E-state index contributed by atoms with van der Waals surface area (Å²) in [6, 6.07) is 1.82. The van der Waals surface area contributed by atoms with E-state index in [9.17, 15) is 18.0 Å². The molecule has 150 valence electrons. The van der Waals surface area contributed by atoms with Gasteiger partial charge in [-0.2, -0.15) is 4.31 Å². The molecule has 1 unspecified atom stereocenters. The lowest BCUT2D eigenvalue weighted by Gasteiger charge is -2.33. The molecule has 2 fully saturated rings. The number of carbonyl (C=O) groups is 1. The third kappa shape index (κ3) is 4.59. The van der Waals surface area contributed by atoms with Crippen molar-refractivity contribution in [2.45, 2.75) is 26.3 Å². The summed E-state index contributed by atoms with van der Waals surface area (Å²) in [6.07, 6.45) is 5.11. The number of piperidine rings is 1. The van der Waals surface area contributed by atoms with Crippen molar-refractivity contribution in [1.82, 2.24) is 19.1 Å². The van der Waals surface area contributed by atoms with Crippen LogP contribution in [0, 0.1) is 12.8 Å². The van der Waals surface area contributed by atoms with Crippen LogP contribution in [0.3, 0.4) is 0 Å². The van der Waals surface area contributed by atoms with Crippen LogP contribution >= 0.6 is 0 Å². The molecule has 3 heterocycles. The molecule has 2 saturated heterocycles. The number of hydrogen-bond acceptors (Lipinski definition) is 5. The zero-order valence-electron chi connectivity index (χ0n) is 16.0. The Hall–Kier alpha value is -1.71. The predicted molar refractivity (Wildman–Crippen MR) is 103 cm³/mol. The maximum atomic E-state index is 13.0. The number of piperazine rings is 1. The Morgan fingerprint density at radius 3 is 2.56 bits per heavy atom. The van der Waals surface area contributed by atoms with Gasteiger partial charge in [0.1, 0.15) is 5.56 Å². The molecule has 1 aromatic rings. The number of aromatic nitrogens is 1. The van der Waals surface area contributed by atoms with Gasteiger partial charge in [0.25, 0.3) is 11.5 Å². The van der Waals surface area contributed by atoms with Crippen molar-refractivity contribution < 1.29 is 13.2 Å². The Bertz CT molecular complexity index is 851. The van der Waals surface area contributed by atoms with E-state index in [-0.39, 0.29) is 30.1 Å². The number of hydrogen-bond donors (Lipinski definition) is 1. The second kappa shape index (κ2) is 8.12. The Morgan fingerprint density at radius 1 is 1.26 bits per heavy atom. The summed E-state index contributed by atoms with van der Waals surface area (Å²) >= 11 is 0. The molecule has 9 heteroatoms. The minimum atomic E-state index is -3.26. The predicted octanol–water partition coefficient (Wildman–Crippen LogP) is -0.126. The first-order valence-corrected chi connectivity index (χ1v) is 11.3. The van der Waals surface area contributed by atoms with Crippen LogP contribution in [0.4, 0.5) is 0 Å². The molecule has 1 N–H and O–H groups in total. The lowest BCUT2D eigenvalue weighted by Crippen LogP contribution is -2.51. The molecule has 0 radical (unpaired) electrons. The zero-order chi connectivity index (χ0) is 19.6. The summed E-state index contributed by atoms with van der Waals surface area (Å²) in [5.74, 6) is 0.0854. The van der Waals surface area contributed by atoms with Crippen LogP contribution in [0.25, 0.3) is 0 Å². The van der Waals surface area contributed by atoms with E-state index in [1.807, 2.05) is 6.07 Å². The molecule has 0 aliphatic carbocycles. The molecule has 0 saturated carbocycles. The van der Waals surface area contributed by atoms with Crippen LogP contribution in [0.2, 0.25) is 0 Å². The largest absolute Gasteiger partial charge is 0.336 e. The van der Waals surface area contributed by atoms with Gasteiger partial charge in [-0.3, -0.25) is 9.59 Å². The van der Waals surface area contributed by atoms with Gasteiger partial charge in [-0.15, -0.1) is 0 Å². The fourth-order valence-corrected chi connectivity index (χ4v) is 4.63. The average Bonchev–Trinajstić information content (AvgIpc) is 2.64. The number of pyridine rings is 1. The van der Waals surface area contributed by atoms with Crippen molar-refractivity contribution >= 4 is 15.9 Å². The Labute approximate surface area is 160 Å². The highest BCUT2D eigenvalue weighted by Gasteiger charge is 2.29. The molecule has 8 nitrogen and oxygen atoms in total. The highest BCUT2D eigenvalue weighted by molar-refractivity contribution is 7.88. The Morgan fingerprint density at radius 2 is 1.96 bits per heavy atom. The van der Waals surface area contributed by atoms with Crippen LogP contribution in [-0.4, -0.2) is 73.6 Å². The standard InChI is InChI=1S/C18H28N4O4S/c1-14-5-7-21(13-15-4-3-6-19-12-15)18(24)16(14)17(23)20-8-10-22(11-9-20)27(2,25)26/h5,7,15,19H,3-4,6,8-13H2,1-2H3. The van der Waals surface area contributed by atoms with Gasteiger partial charge in [0, 0.05) is 38.9 Å². The summed E-state index contributed by atoms with van der Waals surface area (Å²) in [5.41, 5.74) is 0.610. The van der Waals surface area contributed by atoms with Crippen molar-refractivity contribution in [1.29, 1.82) is 0 Å². The van der Waals surface area contributed by atoms with Gasteiger partial charge in [0.05, 0.1) is 6.26 Å². The van der Waals surface area contributed by atoms with Crippen LogP contribution in [0.5, 0.6) is 0 Å². The van der Waals surface area contributed by atoms with Crippen molar-refractivity contribution in [3.05, 3.63) is 33.7 Å². The van der Waals surface area contributed by atoms with Crippen molar-refractivity contribution in [2.75, 3.05) is 45.5 Å². The van der Waals surface area contributed by atoms with Crippen LogP contribution in [-0.2, 0) is 16.6 Å². The minimum absolute atomic E-state index is 0.203. The van der Waals surface area contributed by atoms with E-state index in [2.05, 4.69) is 5.32 Å². The molecular weight excluding hydrogens is 368 g/mol. The molecule has 3 rings (SSSR count). The summed E-state index contributed by atoms with van der Waals surface area (Å²) in [7, 11) is -3.26. The topological polar surface area (TPSA) is 91.7 Å².